The summed E-state index contributed by atoms with van der Waals surface area (Å²) in [6, 6.07) is 17.0. The third-order valence-corrected chi connectivity index (χ3v) is 3.94. The molecule has 2 heterocycles. The average Bonchev–Trinajstić information content (AvgIpc) is 2.89. The normalized spacial score (nSPS) is 11.1. The Morgan fingerprint density at radius 1 is 1.09 bits per heavy atom. The first-order valence-electron chi connectivity index (χ1n) is 7.19. The lowest BCUT2D eigenvalue weighted by atomic mass is 10.0. The molecule has 0 saturated carbocycles. The molecule has 2 aromatic heterocycles. The summed E-state index contributed by atoms with van der Waals surface area (Å²) in [5.41, 5.74) is 9.11. The quantitative estimate of drug-likeness (QED) is 0.337. The number of pyridine rings is 1. The third kappa shape index (κ3) is 2.10. The maximum Gasteiger partial charge on any atom is 0.199 e. The number of hydrogen-bond acceptors (Lipinski definition) is 3. The van der Waals surface area contributed by atoms with Crippen molar-refractivity contribution in [3.8, 4) is 17.1 Å². The van der Waals surface area contributed by atoms with Gasteiger partial charge in [0.15, 0.2) is 5.88 Å². The number of hydrogen-bond donors (Lipinski definition) is 4. The van der Waals surface area contributed by atoms with E-state index >= 15 is 0 Å². The number of nitrogen functional groups attached to an aromatic ring is 1. The topological polar surface area (TPSA) is 98.8 Å². The molecule has 112 valence electrons. The van der Waals surface area contributed by atoms with Gasteiger partial charge in [-0.25, -0.2) is 4.98 Å². The van der Waals surface area contributed by atoms with Gasteiger partial charge in [-0.3, -0.25) is 5.41 Å². The molecule has 0 fully saturated rings. The highest BCUT2D eigenvalue weighted by atomic mass is 16.3. The maximum atomic E-state index is 10.3. The van der Waals surface area contributed by atoms with E-state index in [4.69, 9.17) is 11.1 Å². The zero-order valence-corrected chi connectivity index (χ0v) is 12.2. The highest BCUT2D eigenvalue weighted by Crippen LogP contribution is 2.36. The van der Waals surface area contributed by atoms with Gasteiger partial charge in [0.25, 0.3) is 0 Å². The Balaban J connectivity index is 2.00. The summed E-state index contributed by atoms with van der Waals surface area (Å²) >= 11 is 0. The number of aromatic nitrogens is 2. The van der Waals surface area contributed by atoms with Gasteiger partial charge in [-0.2, -0.15) is 0 Å². The average molecular weight is 302 g/mol. The van der Waals surface area contributed by atoms with Gasteiger partial charge in [-0.15, -0.1) is 0 Å². The minimum absolute atomic E-state index is 0.00925. The van der Waals surface area contributed by atoms with Crippen LogP contribution in [0, 0.1) is 5.41 Å². The number of fused-ring (bicyclic) bond motifs is 2. The fourth-order valence-electron chi connectivity index (χ4n) is 2.81. The molecule has 0 amide bonds. The van der Waals surface area contributed by atoms with Gasteiger partial charge in [0.1, 0.15) is 5.84 Å². The Kier molecular flexibility index (Phi) is 2.81. The molecule has 23 heavy (non-hydrogen) atoms. The van der Waals surface area contributed by atoms with Crippen LogP contribution in [0.5, 0.6) is 5.88 Å². The maximum absolute atomic E-state index is 10.3. The van der Waals surface area contributed by atoms with Crippen LogP contribution in [-0.4, -0.2) is 20.9 Å². The van der Waals surface area contributed by atoms with Crippen molar-refractivity contribution in [3.63, 3.8) is 0 Å². The second-order valence-corrected chi connectivity index (χ2v) is 5.41. The summed E-state index contributed by atoms with van der Waals surface area (Å²) in [4.78, 5) is 7.58. The van der Waals surface area contributed by atoms with E-state index in [-0.39, 0.29) is 11.7 Å². The lowest BCUT2D eigenvalue weighted by Gasteiger charge is -2.04. The van der Waals surface area contributed by atoms with Crippen LogP contribution in [-0.2, 0) is 0 Å². The van der Waals surface area contributed by atoms with E-state index in [1.54, 1.807) is 18.2 Å². The number of amidine groups is 1. The minimum Gasteiger partial charge on any atom is -0.494 e. The summed E-state index contributed by atoms with van der Waals surface area (Å²) in [5.74, 6) is 0.0495. The van der Waals surface area contributed by atoms with Crippen LogP contribution in [0.4, 0.5) is 0 Å². The molecule has 5 nitrogen and oxygen atoms in total. The van der Waals surface area contributed by atoms with Crippen molar-refractivity contribution in [2.75, 3.05) is 0 Å². The van der Waals surface area contributed by atoms with E-state index < -0.39 is 0 Å². The molecule has 5 N–H and O–H groups in total. The number of nitrogens with zero attached hydrogens (tertiary/aromatic N) is 1. The van der Waals surface area contributed by atoms with Crippen LogP contribution in [0.1, 0.15) is 5.56 Å². The molecule has 5 heteroatoms. The van der Waals surface area contributed by atoms with Crippen LogP contribution >= 0.6 is 0 Å². The molecule has 0 atom stereocenters. The Bertz CT molecular complexity index is 1070. The fraction of sp³-hybridized carbons (Fsp3) is 0. The third-order valence-electron chi connectivity index (χ3n) is 3.94. The van der Waals surface area contributed by atoms with Crippen LogP contribution in [0.15, 0.2) is 54.6 Å². The SMILES string of the molecule is N=C(N)c1ccc2[nH]c(O)c(-c3ccc4ccccc4n3)c2c1. The Hall–Kier alpha value is -3.34. The minimum atomic E-state index is -0.00925. The standard InChI is InChI=1S/C18H14N4O/c19-17(20)11-6-7-14-12(9-11)16(18(23)22-14)15-8-5-10-3-1-2-4-13(10)21-15/h1-9,22-23H,(H3,19,20). The molecular weight excluding hydrogens is 288 g/mol. The molecule has 2 aromatic carbocycles. The highest BCUT2D eigenvalue weighted by Gasteiger charge is 2.15. The Labute approximate surface area is 131 Å². The lowest BCUT2D eigenvalue weighted by Crippen LogP contribution is -2.10. The summed E-state index contributed by atoms with van der Waals surface area (Å²) in [6.45, 7) is 0. The second kappa shape index (κ2) is 4.84. The summed E-state index contributed by atoms with van der Waals surface area (Å²) in [5, 5.41) is 19.7. The molecule has 0 bridgehead atoms. The Morgan fingerprint density at radius 2 is 1.91 bits per heavy atom. The zero-order chi connectivity index (χ0) is 16.0. The summed E-state index contributed by atoms with van der Waals surface area (Å²) < 4.78 is 0. The molecule has 0 unspecified atom stereocenters. The molecule has 0 spiro atoms. The smallest absolute Gasteiger partial charge is 0.199 e. The molecule has 0 radical (unpaired) electrons. The van der Waals surface area contributed by atoms with E-state index in [0.717, 1.165) is 21.8 Å². The second-order valence-electron chi connectivity index (χ2n) is 5.41. The number of benzene rings is 2. The molecule has 4 rings (SSSR count). The van der Waals surface area contributed by atoms with E-state index in [2.05, 4.69) is 9.97 Å². The molecule has 0 aliphatic rings. The van der Waals surface area contributed by atoms with Crippen molar-refractivity contribution < 1.29 is 5.11 Å². The number of nitrogens with two attached hydrogens (primary N) is 1. The molecule has 0 aliphatic heterocycles. The van der Waals surface area contributed by atoms with Crippen LogP contribution < -0.4 is 5.73 Å². The lowest BCUT2D eigenvalue weighted by molar-refractivity contribution is 0.460. The first-order valence-corrected chi connectivity index (χ1v) is 7.19. The number of aromatic hydroxyl groups is 1. The van der Waals surface area contributed by atoms with Crippen molar-refractivity contribution in [1.82, 2.24) is 9.97 Å². The van der Waals surface area contributed by atoms with Crippen molar-refractivity contribution in [1.29, 1.82) is 5.41 Å². The molecular formula is C18H14N4O. The summed E-state index contributed by atoms with van der Waals surface area (Å²) in [7, 11) is 0. The van der Waals surface area contributed by atoms with Crippen molar-refractivity contribution in [2.24, 2.45) is 5.73 Å². The van der Waals surface area contributed by atoms with Crippen LogP contribution in [0.2, 0.25) is 0 Å². The van der Waals surface area contributed by atoms with Gasteiger partial charge in [-0.05, 0) is 30.3 Å². The number of aromatic amines is 1. The number of H-pyrrole nitrogens is 1. The van der Waals surface area contributed by atoms with E-state index in [1.165, 1.54) is 0 Å². The van der Waals surface area contributed by atoms with Crippen molar-refractivity contribution in [3.05, 3.63) is 60.2 Å². The molecule has 0 aliphatic carbocycles. The fourth-order valence-corrected chi connectivity index (χ4v) is 2.81. The van der Waals surface area contributed by atoms with Crippen LogP contribution in [0.3, 0.4) is 0 Å². The van der Waals surface area contributed by atoms with Gasteiger partial charge in [0.05, 0.1) is 16.8 Å². The monoisotopic (exact) mass is 302 g/mol. The number of para-hydroxylation sites is 1. The largest absolute Gasteiger partial charge is 0.494 e. The van der Waals surface area contributed by atoms with E-state index in [0.29, 0.717) is 16.8 Å². The van der Waals surface area contributed by atoms with Crippen molar-refractivity contribution >= 4 is 27.6 Å². The number of nitrogens with one attached hydrogen (secondary N) is 2. The molecule has 4 aromatic rings. The zero-order valence-electron chi connectivity index (χ0n) is 12.2. The first-order chi connectivity index (χ1) is 11.1. The predicted molar refractivity (Wildman–Crippen MR) is 91.7 cm³/mol. The number of rotatable bonds is 2. The van der Waals surface area contributed by atoms with E-state index in [9.17, 15) is 5.11 Å². The Morgan fingerprint density at radius 3 is 2.74 bits per heavy atom. The van der Waals surface area contributed by atoms with Gasteiger partial charge < -0.3 is 15.8 Å². The van der Waals surface area contributed by atoms with Gasteiger partial charge in [0.2, 0.25) is 0 Å². The van der Waals surface area contributed by atoms with Gasteiger partial charge in [0, 0.05) is 21.9 Å². The van der Waals surface area contributed by atoms with Crippen LogP contribution in [0.25, 0.3) is 33.1 Å². The van der Waals surface area contributed by atoms with Gasteiger partial charge >= 0.3 is 0 Å². The summed E-state index contributed by atoms with van der Waals surface area (Å²) in [6.07, 6.45) is 0. The highest BCUT2D eigenvalue weighted by molar-refractivity contribution is 6.04. The molecule has 0 saturated heterocycles. The van der Waals surface area contributed by atoms with Gasteiger partial charge in [-0.1, -0.05) is 24.3 Å². The van der Waals surface area contributed by atoms with E-state index in [1.807, 2.05) is 36.4 Å². The first kappa shape index (κ1) is 13.3. The predicted octanol–water partition coefficient (Wildman–Crippen LogP) is 3.37. The van der Waals surface area contributed by atoms with Crippen molar-refractivity contribution in [2.45, 2.75) is 0 Å².